The van der Waals surface area contributed by atoms with Gasteiger partial charge in [0.05, 0.1) is 0 Å². The van der Waals surface area contributed by atoms with Gasteiger partial charge in [-0.25, -0.2) is 0 Å². The summed E-state index contributed by atoms with van der Waals surface area (Å²) in [6, 6.07) is 0. The summed E-state index contributed by atoms with van der Waals surface area (Å²) in [6.07, 6.45) is 22.4. The van der Waals surface area contributed by atoms with Crippen molar-refractivity contribution >= 4 is 5.97 Å². The largest absolute Gasteiger partial charge is 0.481 e. The molecule has 0 radical (unpaired) electrons. The third kappa shape index (κ3) is 16.9. The maximum Gasteiger partial charge on any atom is 0.303 e. The maximum absolute atomic E-state index is 10.3. The zero-order chi connectivity index (χ0) is 14.9. The zero-order valence-electron chi connectivity index (χ0n) is 13.2. The van der Waals surface area contributed by atoms with E-state index < -0.39 is 5.97 Å². The summed E-state index contributed by atoms with van der Waals surface area (Å²) in [6.45, 7) is 2.18. The molecule has 0 amide bonds. The molecule has 0 bridgehead atoms. The second kappa shape index (κ2) is 16.0. The monoisotopic (exact) mass is 280 g/mol. The minimum Gasteiger partial charge on any atom is -0.481 e. The Kier molecular flexibility index (Phi) is 15.2. The molecule has 0 atom stereocenters. The predicted molar refractivity (Wildman–Crippen MR) is 87.0 cm³/mol. The van der Waals surface area contributed by atoms with Crippen LogP contribution in [0.3, 0.4) is 0 Å². The second-order valence-corrected chi connectivity index (χ2v) is 5.34. The van der Waals surface area contributed by atoms with Gasteiger partial charge in [0.15, 0.2) is 0 Å². The van der Waals surface area contributed by atoms with Gasteiger partial charge in [0.25, 0.3) is 0 Å². The van der Waals surface area contributed by atoms with Gasteiger partial charge in [0.2, 0.25) is 0 Å². The first-order valence-electron chi connectivity index (χ1n) is 8.29. The van der Waals surface area contributed by atoms with Crippen molar-refractivity contribution in [2.45, 2.75) is 84.0 Å². The summed E-state index contributed by atoms with van der Waals surface area (Å²) < 4.78 is 0. The van der Waals surface area contributed by atoms with E-state index in [0.29, 0.717) is 6.42 Å². The molecule has 0 aromatic heterocycles. The van der Waals surface area contributed by atoms with Crippen molar-refractivity contribution in [3.05, 3.63) is 24.3 Å². The fourth-order valence-electron chi connectivity index (χ4n) is 2.14. The number of aliphatic carboxylic acids is 1. The molecule has 0 heterocycles. The van der Waals surface area contributed by atoms with Crippen molar-refractivity contribution < 1.29 is 9.90 Å². The lowest BCUT2D eigenvalue weighted by Crippen LogP contribution is -1.91. The summed E-state index contributed by atoms with van der Waals surface area (Å²) in [4.78, 5) is 10.3. The molecular formula is C18H32O2. The van der Waals surface area contributed by atoms with Gasteiger partial charge in [-0.1, -0.05) is 63.3 Å². The molecule has 0 spiro atoms. The summed E-state index contributed by atoms with van der Waals surface area (Å²) >= 11 is 0. The average molecular weight is 280 g/mol. The summed E-state index contributed by atoms with van der Waals surface area (Å²) in [5, 5.41) is 8.48. The first-order valence-corrected chi connectivity index (χ1v) is 8.29. The molecule has 20 heavy (non-hydrogen) atoms. The minimum atomic E-state index is -0.708. The predicted octanol–water partition coefficient (Wildman–Crippen LogP) is 5.88. The van der Waals surface area contributed by atoms with Crippen LogP contribution in [0.1, 0.15) is 84.0 Å². The molecule has 0 unspecified atom stereocenters. The van der Waals surface area contributed by atoms with E-state index in [1.807, 2.05) is 6.08 Å². The highest BCUT2D eigenvalue weighted by molar-refractivity contribution is 5.66. The van der Waals surface area contributed by atoms with Gasteiger partial charge in [-0.2, -0.15) is 0 Å². The Bertz CT molecular complexity index is 267. The second-order valence-electron chi connectivity index (χ2n) is 5.34. The van der Waals surface area contributed by atoms with E-state index >= 15 is 0 Å². The topological polar surface area (TPSA) is 37.3 Å². The quantitative estimate of drug-likeness (QED) is 0.318. The smallest absolute Gasteiger partial charge is 0.303 e. The van der Waals surface area contributed by atoms with Gasteiger partial charge < -0.3 is 5.11 Å². The Hall–Kier alpha value is -1.05. The lowest BCUT2D eigenvalue weighted by atomic mass is 10.1. The molecule has 0 rings (SSSR count). The number of hydrogen-bond donors (Lipinski definition) is 1. The Morgan fingerprint density at radius 3 is 1.70 bits per heavy atom. The van der Waals surface area contributed by atoms with E-state index in [-0.39, 0.29) is 6.42 Å². The fraction of sp³-hybridized carbons (Fsp3) is 0.722. The van der Waals surface area contributed by atoms with Crippen LogP contribution in [0, 0.1) is 0 Å². The number of carboxylic acids is 1. The van der Waals surface area contributed by atoms with E-state index in [9.17, 15) is 4.79 Å². The van der Waals surface area contributed by atoms with Crippen LogP contribution < -0.4 is 0 Å². The molecule has 116 valence electrons. The van der Waals surface area contributed by atoms with Crippen molar-refractivity contribution in [1.29, 1.82) is 0 Å². The SMILES string of the molecule is CC/C=C/CCCCCCCCC/C=C/CCC(=O)O. The Balaban J connectivity index is 3.09. The van der Waals surface area contributed by atoms with E-state index in [2.05, 4.69) is 25.2 Å². The molecule has 0 saturated carbocycles. The Labute approximate surface area is 125 Å². The van der Waals surface area contributed by atoms with Gasteiger partial charge in [-0.15, -0.1) is 0 Å². The number of allylic oxidation sites excluding steroid dienone is 4. The Morgan fingerprint density at radius 1 is 0.750 bits per heavy atom. The molecule has 0 aromatic rings. The van der Waals surface area contributed by atoms with E-state index in [1.165, 1.54) is 51.4 Å². The number of hydrogen-bond acceptors (Lipinski definition) is 1. The van der Waals surface area contributed by atoms with E-state index in [0.717, 1.165) is 12.8 Å². The number of carboxylic acid groups (broad SMARTS) is 1. The van der Waals surface area contributed by atoms with Crippen LogP contribution in [0.4, 0.5) is 0 Å². The summed E-state index contributed by atoms with van der Waals surface area (Å²) in [5.74, 6) is -0.708. The highest BCUT2D eigenvalue weighted by Gasteiger charge is 1.92. The average Bonchev–Trinajstić information content (AvgIpc) is 2.43. The zero-order valence-corrected chi connectivity index (χ0v) is 13.2. The van der Waals surface area contributed by atoms with Gasteiger partial charge in [-0.05, 0) is 38.5 Å². The molecule has 2 heteroatoms. The molecule has 1 N–H and O–H groups in total. The van der Waals surface area contributed by atoms with Crippen molar-refractivity contribution in [1.82, 2.24) is 0 Å². The van der Waals surface area contributed by atoms with Crippen LogP contribution in [-0.4, -0.2) is 11.1 Å². The molecule has 0 aliphatic carbocycles. The van der Waals surface area contributed by atoms with Crippen LogP contribution in [0.25, 0.3) is 0 Å². The van der Waals surface area contributed by atoms with Crippen molar-refractivity contribution in [3.63, 3.8) is 0 Å². The lowest BCUT2D eigenvalue weighted by Gasteiger charge is -2.00. The molecule has 0 aromatic carbocycles. The van der Waals surface area contributed by atoms with Gasteiger partial charge >= 0.3 is 5.97 Å². The van der Waals surface area contributed by atoms with Gasteiger partial charge in [0, 0.05) is 6.42 Å². The highest BCUT2D eigenvalue weighted by Crippen LogP contribution is 2.10. The standard InChI is InChI=1S/C18H32O2/c1-2-3-4-5-6-7-8-9-10-11-12-13-14-15-16-17-18(19)20/h3-4,14-15H,2,5-13,16-17H2,1H3,(H,19,20)/b4-3+,15-14+. The molecule has 0 fully saturated rings. The van der Waals surface area contributed by atoms with Crippen molar-refractivity contribution in [2.24, 2.45) is 0 Å². The first-order chi connectivity index (χ1) is 9.77. The minimum absolute atomic E-state index is 0.254. The van der Waals surface area contributed by atoms with Crippen LogP contribution in [0.2, 0.25) is 0 Å². The molecule has 0 saturated heterocycles. The number of unbranched alkanes of at least 4 members (excludes halogenated alkanes) is 8. The van der Waals surface area contributed by atoms with Crippen LogP contribution >= 0.6 is 0 Å². The summed E-state index contributed by atoms with van der Waals surface area (Å²) in [5.41, 5.74) is 0. The Morgan fingerprint density at radius 2 is 1.20 bits per heavy atom. The summed E-state index contributed by atoms with van der Waals surface area (Å²) in [7, 11) is 0. The molecule has 0 aliphatic rings. The molecule has 0 aliphatic heterocycles. The normalized spacial score (nSPS) is 11.7. The van der Waals surface area contributed by atoms with Crippen molar-refractivity contribution in [3.8, 4) is 0 Å². The number of rotatable bonds is 14. The van der Waals surface area contributed by atoms with Gasteiger partial charge in [0.1, 0.15) is 0 Å². The third-order valence-electron chi connectivity index (χ3n) is 3.34. The van der Waals surface area contributed by atoms with E-state index in [4.69, 9.17) is 5.11 Å². The van der Waals surface area contributed by atoms with Crippen LogP contribution in [-0.2, 0) is 4.79 Å². The lowest BCUT2D eigenvalue weighted by molar-refractivity contribution is -0.136. The first kappa shape index (κ1) is 18.9. The molecule has 2 nitrogen and oxygen atoms in total. The maximum atomic E-state index is 10.3. The van der Waals surface area contributed by atoms with Crippen LogP contribution in [0.15, 0.2) is 24.3 Å². The van der Waals surface area contributed by atoms with Crippen LogP contribution in [0.5, 0.6) is 0 Å². The molecular weight excluding hydrogens is 248 g/mol. The van der Waals surface area contributed by atoms with E-state index in [1.54, 1.807) is 0 Å². The van der Waals surface area contributed by atoms with Crippen molar-refractivity contribution in [2.75, 3.05) is 0 Å². The fourth-order valence-corrected chi connectivity index (χ4v) is 2.14. The highest BCUT2D eigenvalue weighted by atomic mass is 16.4. The van der Waals surface area contributed by atoms with Gasteiger partial charge in [-0.3, -0.25) is 4.79 Å². The third-order valence-corrected chi connectivity index (χ3v) is 3.34. The number of carbonyl (C=O) groups is 1.